The molecule has 0 aromatic rings. The average molecular weight is 267 g/mol. The fourth-order valence-corrected chi connectivity index (χ4v) is 2.56. The summed E-state index contributed by atoms with van der Waals surface area (Å²) in [5, 5.41) is 5.24. The lowest BCUT2D eigenvalue weighted by atomic mass is 9.99. The zero-order valence-electron chi connectivity index (χ0n) is 11.7. The molecule has 2 N–H and O–H groups in total. The van der Waals surface area contributed by atoms with Crippen LogP contribution in [0.15, 0.2) is 0 Å². The maximum Gasteiger partial charge on any atom is 0.247 e. The van der Waals surface area contributed by atoms with Gasteiger partial charge in [0.1, 0.15) is 11.6 Å². The average Bonchev–Trinajstić information content (AvgIpc) is 2.69. The molecule has 0 aromatic heterocycles. The van der Waals surface area contributed by atoms with Crippen molar-refractivity contribution in [3.63, 3.8) is 0 Å². The van der Waals surface area contributed by atoms with Crippen LogP contribution in [0.2, 0.25) is 0 Å². The summed E-state index contributed by atoms with van der Waals surface area (Å²) in [5.41, 5.74) is -0.935. The molecule has 19 heavy (non-hydrogen) atoms. The Balaban J connectivity index is 1.95. The minimum absolute atomic E-state index is 0.0588. The van der Waals surface area contributed by atoms with E-state index in [1.165, 1.54) is 0 Å². The minimum atomic E-state index is -0.935. The van der Waals surface area contributed by atoms with Crippen molar-refractivity contribution >= 4 is 17.7 Å². The second kappa shape index (κ2) is 4.83. The van der Waals surface area contributed by atoms with E-state index in [1.807, 2.05) is 11.8 Å². The van der Waals surface area contributed by atoms with Crippen molar-refractivity contribution in [1.82, 2.24) is 15.5 Å². The van der Waals surface area contributed by atoms with Crippen molar-refractivity contribution in [2.75, 3.05) is 6.54 Å². The van der Waals surface area contributed by atoms with Gasteiger partial charge in [0.2, 0.25) is 17.7 Å². The Hall–Kier alpha value is -1.59. The first kappa shape index (κ1) is 13.8. The summed E-state index contributed by atoms with van der Waals surface area (Å²) in [4.78, 5) is 36.9. The number of hydrogen-bond acceptors (Lipinski definition) is 3. The van der Waals surface area contributed by atoms with Crippen LogP contribution in [-0.2, 0) is 14.4 Å². The fraction of sp³-hybridized carbons (Fsp3) is 0.769. The summed E-state index contributed by atoms with van der Waals surface area (Å²) in [6.45, 7) is 6.19. The van der Waals surface area contributed by atoms with Crippen LogP contribution in [-0.4, -0.2) is 46.8 Å². The highest BCUT2D eigenvalue weighted by atomic mass is 16.2. The van der Waals surface area contributed by atoms with Gasteiger partial charge in [-0.05, 0) is 33.6 Å². The van der Waals surface area contributed by atoms with Crippen LogP contribution in [0.25, 0.3) is 0 Å². The molecule has 6 heteroatoms. The number of nitrogens with zero attached hydrogens (tertiary/aromatic N) is 1. The first-order valence-corrected chi connectivity index (χ1v) is 6.74. The third kappa shape index (κ3) is 2.72. The second-order valence-corrected chi connectivity index (χ2v) is 5.93. The first-order chi connectivity index (χ1) is 8.81. The van der Waals surface area contributed by atoms with Gasteiger partial charge in [0.25, 0.3) is 0 Å². The zero-order chi connectivity index (χ0) is 14.2. The summed E-state index contributed by atoms with van der Waals surface area (Å²) in [6.07, 6.45) is 2.22. The van der Waals surface area contributed by atoms with Crippen molar-refractivity contribution < 1.29 is 14.4 Å². The third-order valence-corrected chi connectivity index (χ3v) is 3.83. The highest BCUT2D eigenvalue weighted by Gasteiger charge is 2.40. The van der Waals surface area contributed by atoms with Crippen molar-refractivity contribution in [1.29, 1.82) is 0 Å². The SMILES string of the molecule is C[C@@H]1CCCN1C(=O)C(C)(C)NC(=O)[C@@H]1CC(=O)N1. The molecule has 0 aliphatic carbocycles. The van der Waals surface area contributed by atoms with Crippen LogP contribution in [0.4, 0.5) is 0 Å². The molecule has 0 aromatic carbocycles. The van der Waals surface area contributed by atoms with Crippen LogP contribution >= 0.6 is 0 Å². The van der Waals surface area contributed by atoms with Gasteiger partial charge >= 0.3 is 0 Å². The predicted octanol–water partition coefficient (Wildman–Crippen LogP) is -0.219. The van der Waals surface area contributed by atoms with Gasteiger partial charge in [0.15, 0.2) is 0 Å². The lowest BCUT2D eigenvalue weighted by Gasteiger charge is -2.35. The summed E-state index contributed by atoms with van der Waals surface area (Å²) in [7, 11) is 0. The van der Waals surface area contributed by atoms with E-state index in [2.05, 4.69) is 10.6 Å². The zero-order valence-corrected chi connectivity index (χ0v) is 11.7. The molecule has 2 fully saturated rings. The van der Waals surface area contributed by atoms with Crippen LogP contribution < -0.4 is 10.6 Å². The second-order valence-electron chi connectivity index (χ2n) is 5.93. The number of β-lactam (4-membered cyclic amide) rings is 1. The maximum atomic E-state index is 12.4. The molecule has 2 heterocycles. The summed E-state index contributed by atoms with van der Waals surface area (Å²) in [5.74, 6) is -0.473. The normalized spacial score (nSPS) is 26.7. The molecule has 0 spiro atoms. The van der Waals surface area contributed by atoms with Gasteiger partial charge in [-0.1, -0.05) is 0 Å². The number of likely N-dealkylation sites (tertiary alicyclic amines) is 1. The molecule has 2 atom stereocenters. The van der Waals surface area contributed by atoms with Gasteiger partial charge < -0.3 is 15.5 Å². The number of carbonyl (C=O) groups excluding carboxylic acids is 3. The molecule has 106 valence electrons. The Labute approximate surface area is 112 Å². The quantitative estimate of drug-likeness (QED) is 0.694. The van der Waals surface area contributed by atoms with Gasteiger partial charge in [0.05, 0.1) is 6.42 Å². The van der Waals surface area contributed by atoms with Crippen LogP contribution in [0, 0.1) is 0 Å². The molecule has 0 saturated carbocycles. The van der Waals surface area contributed by atoms with Gasteiger partial charge in [-0.3, -0.25) is 14.4 Å². The summed E-state index contributed by atoms with van der Waals surface area (Å²) >= 11 is 0. The van der Waals surface area contributed by atoms with E-state index in [0.717, 1.165) is 19.4 Å². The monoisotopic (exact) mass is 267 g/mol. The molecular weight excluding hydrogens is 246 g/mol. The van der Waals surface area contributed by atoms with Crippen molar-refractivity contribution in [2.24, 2.45) is 0 Å². The van der Waals surface area contributed by atoms with Crippen LogP contribution in [0.3, 0.4) is 0 Å². The number of nitrogens with one attached hydrogen (secondary N) is 2. The highest BCUT2D eigenvalue weighted by molar-refractivity contribution is 5.99. The first-order valence-electron chi connectivity index (χ1n) is 6.74. The Kier molecular flexibility index (Phi) is 3.52. The van der Waals surface area contributed by atoms with E-state index in [0.29, 0.717) is 0 Å². The molecule has 2 aliphatic heterocycles. The van der Waals surface area contributed by atoms with Gasteiger partial charge in [-0.15, -0.1) is 0 Å². The highest BCUT2D eigenvalue weighted by Crippen LogP contribution is 2.21. The molecule has 0 radical (unpaired) electrons. The Morgan fingerprint density at radius 2 is 2.05 bits per heavy atom. The summed E-state index contributed by atoms with van der Waals surface area (Å²) < 4.78 is 0. The van der Waals surface area contributed by atoms with Gasteiger partial charge in [0, 0.05) is 12.6 Å². The molecule has 0 unspecified atom stereocenters. The number of hydrogen-bond donors (Lipinski definition) is 2. The Bertz CT molecular complexity index is 411. The van der Waals surface area contributed by atoms with Gasteiger partial charge in [-0.25, -0.2) is 0 Å². The largest absolute Gasteiger partial charge is 0.344 e. The Morgan fingerprint density at radius 1 is 1.42 bits per heavy atom. The van der Waals surface area contributed by atoms with Crippen molar-refractivity contribution in [3.8, 4) is 0 Å². The van der Waals surface area contributed by atoms with Crippen molar-refractivity contribution in [2.45, 2.75) is 57.7 Å². The predicted molar refractivity (Wildman–Crippen MR) is 69.2 cm³/mol. The molecular formula is C13H21N3O3. The molecule has 2 aliphatic rings. The van der Waals surface area contributed by atoms with E-state index < -0.39 is 11.6 Å². The van der Waals surface area contributed by atoms with Gasteiger partial charge in [-0.2, -0.15) is 0 Å². The Morgan fingerprint density at radius 3 is 2.53 bits per heavy atom. The number of carbonyl (C=O) groups is 3. The smallest absolute Gasteiger partial charge is 0.247 e. The molecule has 3 amide bonds. The van der Waals surface area contributed by atoms with E-state index >= 15 is 0 Å². The van der Waals surface area contributed by atoms with Crippen LogP contribution in [0.1, 0.15) is 40.0 Å². The van der Waals surface area contributed by atoms with Crippen molar-refractivity contribution in [3.05, 3.63) is 0 Å². The molecule has 0 bridgehead atoms. The minimum Gasteiger partial charge on any atom is -0.344 e. The topological polar surface area (TPSA) is 78.5 Å². The standard InChI is InChI=1S/C13H21N3O3/c1-8-5-4-6-16(8)12(19)13(2,3)15-11(18)9-7-10(17)14-9/h8-9H,4-7H2,1-3H3,(H,14,17)(H,15,18)/t8-,9+/m1/s1. The number of amides is 3. The van der Waals surface area contributed by atoms with E-state index in [1.54, 1.807) is 13.8 Å². The molecule has 6 nitrogen and oxygen atoms in total. The van der Waals surface area contributed by atoms with E-state index in [-0.39, 0.29) is 30.2 Å². The third-order valence-electron chi connectivity index (χ3n) is 3.83. The lowest BCUT2D eigenvalue weighted by molar-refractivity contribution is -0.143. The lowest BCUT2D eigenvalue weighted by Crippen LogP contribution is -2.63. The maximum absolute atomic E-state index is 12.4. The van der Waals surface area contributed by atoms with E-state index in [9.17, 15) is 14.4 Å². The van der Waals surface area contributed by atoms with Crippen LogP contribution in [0.5, 0.6) is 0 Å². The molecule has 2 rings (SSSR count). The molecule has 2 saturated heterocycles. The van der Waals surface area contributed by atoms with E-state index in [4.69, 9.17) is 0 Å². The summed E-state index contributed by atoms with van der Waals surface area (Å²) in [6, 6.07) is -0.261. The fourth-order valence-electron chi connectivity index (χ4n) is 2.56. The number of rotatable bonds is 3.